The van der Waals surface area contributed by atoms with Crippen LogP contribution in [0.2, 0.25) is 0 Å². The maximum Gasteiger partial charge on any atom is 0.272 e. The van der Waals surface area contributed by atoms with Crippen LogP contribution in [0.15, 0.2) is 71.2 Å². The second kappa shape index (κ2) is 11.5. The number of thiophene rings is 1. The number of aromatic nitrogens is 1. The van der Waals surface area contributed by atoms with Gasteiger partial charge in [0.15, 0.2) is 5.54 Å². The minimum atomic E-state index is -1.18. The first kappa shape index (κ1) is 27.3. The van der Waals surface area contributed by atoms with Crippen LogP contribution in [0.4, 0.5) is 0 Å². The van der Waals surface area contributed by atoms with E-state index in [2.05, 4.69) is 38.8 Å². The molecule has 7 heteroatoms. The number of hydrogen-bond donors (Lipinski definition) is 1. The first-order chi connectivity index (χ1) is 19.5. The van der Waals surface area contributed by atoms with Crippen molar-refractivity contribution < 1.29 is 9.59 Å². The van der Waals surface area contributed by atoms with Crippen LogP contribution < -0.4 is 5.32 Å². The molecule has 5 nitrogen and oxygen atoms in total. The fourth-order valence-electron chi connectivity index (χ4n) is 6.46. The Balaban J connectivity index is 1.51. The molecule has 0 unspecified atom stereocenters. The van der Waals surface area contributed by atoms with E-state index in [1.54, 1.807) is 11.3 Å². The summed E-state index contributed by atoms with van der Waals surface area (Å²) in [5.41, 5.74) is 2.35. The summed E-state index contributed by atoms with van der Waals surface area (Å²) >= 11 is 5.33. The van der Waals surface area contributed by atoms with E-state index in [1.165, 1.54) is 24.1 Å². The number of halogens is 1. The van der Waals surface area contributed by atoms with Gasteiger partial charge in [0.05, 0.1) is 16.8 Å². The van der Waals surface area contributed by atoms with E-state index in [-0.39, 0.29) is 17.9 Å². The zero-order valence-corrected chi connectivity index (χ0v) is 25.4. The van der Waals surface area contributed by atoms with E-state index in [0.717, 1.165) is 57.9 Å². The zero-order valence-electron chi connectivity index (χ0n) is 23.0. The second-order valence-corrected chi connectivity index (χ2v) is 13.3. The van der Waals surface area contributed by atoms with Gasteiger partial charge in [0.2, 0.25) is 0 Å². The van der Waals surface area contributed by atoms with Crippen LogP contribution in [-0.4, -0.2) is 27.3 Å². The number of nitrogens with one attached hydrogen (secondary N) is 1. The van der Waals surface area contributed by atoms with Gasteiger partial charge in [-0.25, -0.2) is 0 Å². The van der Waals surface area contributed by atoms with Crippen LogP contribution >= 0.6 is 27.3 Å². The summed E-state index contributed by atoms with van der Waals surface area (Å²) in [7, 11) is 0. The molecule has 0 radical (unpaired) electrons. The minimum absolute atomic E-state index is 0.0777. The second-order valence-electron chi connectivity index (χ2n) is 11.2. The Bertz CT molecular complexity index is 1520. The van der Waals surface area contributed by atoms with Gasteiger partial charge in [-0.3, -0.25) is 9.59 Å². The van der Waals surface area contributed by atoms with Crippen LogP contribution in [0.1, 0.15) is 78.4 Å². The summed E-state index contributed by atoms with van der Waals surface area (Å²) in [5.74, 6) is -0.185. The largest absolute Gasteiger partial charge is 0.351 e. The summed E-state index contributed by atoms with van der Waals surface area (Å²) in [6, 6.07) is 22.3. The van der Waals surface area contributed by atoms with Crippen LogP contribution in [0.3, 0.4) is 0 Å². The highest BCUT2D eigenvalue weighted by molar-refractivity contribution is 9.10. The highest BCUT2D eigenvalue weighted by Gasteiger charge is 2.53. The Labute approximate surface area is 248 Å². The van der Waals surface area contributed by atoms with Crippen molar-refractivity contribution in [3.8, 4) is 0 Å². The normalized spacial score (nSPS) is 20.2. The smallest absolute Gasteiger partial charge is 0.272 e. The van der Waals surface area contributed by atoms with Crippen LogP contribution in [0.25, 0.3) is 10.2 Å². The Morgan fingerprint density at radius 3 is 2.48 bits per heavy atom. The van der Waals surface area contributed by atoms with E-state index in [1.807, 2.05) is 65.6 Å². The Morgan fingerprint density at radius 2 is 1.75 bits per heavy atom. The van der Waals surface area contributed by atoms with Gasteiger partial charge >= 0.3 is 0 Å². The van der Waals surface area contributed by atoms with Gasteiger partial charge in [0, 0.05) is 21.9 Å². The number of aryl methyl sites for hydroxylation is 1. The monoisotopic (exact) mass is 617 g/mol. The van der Waals surface area contributed by atoms with E-state index < -0.39 is 5.54 Å². The fraction of sp³-hybridized carbons (Fsp3) is 0.394. The molecule has 2 aromatic heterocycles. The predicted octanol–water partition coefficient (Wildman–Crippen LogP) is 7.81. The fourth-order valence-corrected chi connectivity index (χ4v) is 7.95. The van der Waals surface area contributed by atoms with Gasteiger partial charge in [-0.2, -0.15) is 0 Å². The van der Waals surface area contributed by atoms with Gasteiger partial charge in [-0.1, -0.05) is 97.4 Å². The molecule has 1 N–H and O–H groups in total. The maximum absolute atomic E-state index is 14.8. The van der Waals surface area contributed by atoms with E-state index in [4.69, 9.17) is 0 Å². The van der Waals surface area contributed by atoms with E-state index >= 15 is 0 Å². The van der Waals surface area contributed by atoms with Crippen molar-refractivity contribution in [3.63, 3.8) is 0 Å². The molecule has 0 bridgehead atoms. The summed E-state index contributed by atoms with van der Waals surface area (Å²) < 4.78 is 4.16. The molecule has 3 heterocycles. The Morgan fingerprint density at radius 1 is 1.00 bits per heavy atom. The molecule has 40 heavy (non-hydrogen) atoms. The number of rotatable bonds is 6. The molecule has 2 aliphatic rings. The van der Waals surface area contributed by atoms with Crippen molar-refractivity contribution in [1.82, 2.24) is 14.8 Å². The molecule has 4 aromatic rings. The third-order valence-corrected chi connectivity index (χ3v) is 10.3. The molecule has 1 atom stereocenters. The zero-order chi connectivity index (χ0) is 27.7. The van der Waals surface area contributed by atoms with E-state index in [9.17, 15) is 9.59 Å². The average molecular weight is 619 g/mol. The standard InChI is InChI=1S/C33H36BrN3O2S/c1-2-27-19-28-30(40-27)20-29-31(38)37(21-23-12-11-15-25(34)18-23)33(22-36(28)29,24-13-7-6-8-14-24)32(39)35-26-16-9-4-3-5-10-17-26/h6-8,11-15,18-20,26H,2-5,9-10,16-17,21-22H2,1H3,(H,35,39)/t33-/m0/s1. The van der Waals surface area contributed by atoms with Crippen molar-refractivity contribution >= 4 is 49.3 Å². The molecule has 0 saturated heterocycles. The molecule has 1 fully saturated rings. The lowest BCUT2D eigenvalue weighted by molar-refractivity contribution is -0.136. The van der Waals surface area contributed by atoms with Gasteiger partial charge in [-0.05, 0) is 54.7 Å². The lowest BCUT2D eigenvalue weighted by Crippen LogP contribution is -2.64. The minimum Gasteiger partial charge on any atom is -0.351 e. The molecular weight excluding hydrogens is 582 g/mol. The van der Waals surface area contributed by atoms with Crippen molar-refractivity contribution in [1.29, 1.82) is 0 Å². The van der Waals surface area contributed by atoms with Gasteiger partial charge in [-0.15, -0.1) is 11.3 Å². The lowest BCUT2D eigenvalue weighted by atomic mass is 9.83. The molecule has 1 aliphatic heterocycles. The quantitative estimate of drug-likeness (QED) is 0.240. The number of carbonyl (C=O) groups excluding carboxylic acids is 2. The SMILES string of the molecule is CCc1cc2c(cc3n2C[C@@](C(=O)NC2CCCCCCC2)(c2ccccc2)N(Cc2cccc(Br)c2)C3=O)s1. The van der Waals surface area contributed by atoms with Crippen LogP contribution in [-0.2, 0) is 29.8 Å². The first-order valence-corrected chi connectivity index (χ1v) is 16.2. The highest BCUT2D eigenvalue weighted by atomic mass is 79.9. The number of hydrogen-bond acceptors (Lipinski definition) is 3. The van der Waals surface area contributed by atoms with Crippen molar-refractivity contribution in [2.45, 2.75) is 83.0 Å². The lowest BCUT2D eigenvalue weighted by Gasteiger charge is -2.47. The molecule has 1 aliphatic carbocycles. The molecular formula is C33H36BrN3O2S. The van der Waals surface area contributed by atoms with Gasteiger partial charge in [0.1, 0.15) is 5.69 Å². The van der Waals surface area contributed by atoms with Crippen LogP contribution in [0, 0.1) is 0 Å². The molecule has 208 valence electrons. The van der Waals surface area contributed by atoms with Gasteiger partial charge in [0.25, 0.3) is 11.8 Å². The number of benzene rings is 2. The Kier molecular flexibility index (Phi) is 7.87. The summed E-state index contributed by atoms with van der Waals surface area (Å²) in [4.78, 5) is 32.5. The number of carbonyl (C=O) groups is 2. The average Bonchev–Trinajstić information content (AvgIpc) is 3.50. The van der Waals surface area contributed by atoms with E-state index in [0.29, 0.717) is 18.8 Å². The first-order valence-electron chi connectivity index (χ1n) is 14.5. The van der Waals surface area contributed by atoms with Crippen molar-refractivity contribution in [2.24, 2.45) is 0 Å². The van der Waals surface area contributed by atoms with Crippen LogP contribution in [0.5, 0.6) is 0 Å². The maximum atomic E-state index is 14.8. The summed E-state index contributed by atoms with van der Waals surface area (Å²) in [6.07, 6.45) is 8.87. The molecule has 2 amide bonds. The predicted molar refractivity (Wildman–Crippen MR) is 166 cm³/mol. The third-order valence-electron chi connectivity index (χ3n) is 8.60. The Hall–Kier alpha value is -2.90. The third kappa shape index (κ3) is 5.03. The summed E-state index contributed by atoms with van der Waals surface area (Å²) in [5, 5.41) is 3.48. The molecule has 1 saturated carbocycles. The summed E-state index contributed by atoms with van der Waals surface area (Å²) in [6.45, 7) is 2.88. The highest BCUT2D eigenvalue weighted by Crippen LogP contribution is 2.42. The molecule has 2 aromatic carbocycles. The van der Waals surface area contributed by atoms with Crippen molar-refractivity contribution in [3.05, 3.63) is 92.9 Å². The number of amides is 2. The molecule has 6 rings (SSSR count). The molecule has 0 spiro atoms. The topological polar surface area (TPSA) is 54.3 Å². The number of nitrogens with zero attached hydrogens (tertiary/aromatic N) is 2. The van der Waals surface area contributed by atoms with Gasteiger partial charge < -0.3 is 14.8 Å². The van der Waals surface area contributed by atoms with Crippen molar-refractivity contribution in [2.75, 3.05) is 0 Å². The number of fused-ring (bicyclic) bond motifs is 3.